The van der Waals surface area contributed by atoms with Gasteiger partial charge in [-0.3, -0.25) is 9.69 Å². The first-order valence-corrected chi connectivity index (χ1v) is 11.1. The molecule has 3 unspecified atom stereocenters. The molecule has 0 radical (unpaired) electrons. The molecule has 1 aliphatic carbocycles. The maximum atomic E-state index is 12.5. The zero-order valence-electron chi connectivity index (χ0n) is 16.9. The first-order chi connectivity index (χ1) is 13.7. The van der Waals surface area contributed by atoms with E-state index in [0.717, 1.165) is 37.1 Å². The zero-order chi connectivity index (χ0) is 19.1. The zero-order valence-corrected chi connectivity index (χ0v) is 16.9. The summed E-state index contributed by atoms with van der Waals surface area (Å²) in [7, 11) is 0. The van der Waals surface area contributed by atoms with E-state index in [4.69, 9.17) is 9.47 Å². The Labute approximate surface area is 168 Å². The van der Waals surface area contributed by atoms with E-state index in [2.05, 4.69) is 11.8 Å². The fourth-order valence-electron chi connectivity index (χ4n) is 5.30. The van der Waals surface area contributed by atoms with Gasteiger partial charge < -0.3 is 14.4 Å². The van der Waals surface area contributed by atoms with E-state index in [0.29, 0.717) is 24.1 Å². The Morgan fingerprint density at radius 1 is 1.11 bits per heavy atom. The van der Waals surface area contributed by atoms with Crippen LogP contribution < -0.4 is 9.64 Å². The van der Waals surface area contributed by atoms with E-state index in [1.54, 1.807) is 0 Å². The van der Waals surface area contributed by atoms with Crippen molar-refractivity contribution in [2.75, 3.05) is 31.2 Å². The molecule has 1 saturated carbocycles. The van der Waals surface area contributed by atoms with Gasteiger partial charge in [-0.25, -0.2) is 0 Å². The predicted octanol–water partition coefficient (Wildman–Crippen LogP) is 3.47. The third kappa shape index (κ3) is 3.79. The van der Waals surface area contributed by atoms with Crippen molar-refractivity contribution in [3.8, 4) is 5.75 Å². The highest BCUT2D eigenvalue weighted by Gasteiger charge is 2.42. The van der Waals surface area contributed by atoms with E-state index < -0.39 is 0 Å². The first kappa shape index (κ1) is 18.4. The standard InChI is InChI=1S/C23H32N2O3/c1-16(13-25-21-4-2-3-5-22(21)28-15-23(25)26)12-24-18-8-9-19(24)11-20(10-18)27-14-17-6-7-17/h2-5,16-20H,6-15H2,1H3/t16?,18-,19?,20?/m1/s1. The number of benzene rings is 1. The molecule has 1 aromatic carbocycles. The summed E-state index contributed by atoms with van der Waals surface area (Å²) in [5, 5.41) is 0. The van der Waals surface area contributed by atoms with Crippen LogP contribution in [0.15, 0.2) is 24.3 Å². The number of carbonyl (C=O) groups excluding carboxylic acids is 1. The summed E-state index contributed by atoms with van der Waals surface area (Å²) in [6, 6.07) is 9.21. The minimum absolute atomic E-state index is 0.0701. The Morgan fingerprint density at radius 2 is 1.86 bits per heavy atom. The number of anilines is 1. The van der Waals surface area contributed by atoms with Crippen LogP contribution in [-0.4, -0.2) is 55.3 Å². The maximum Gasteiger partial charge on any atom is 0.265 e. The number of amides is 1. The lowest BCUT2D eigenvalue weighted by Gasteiger charge is -2.41. The van der Waals surface area contributed by atoms with Crippen LogP contribution >= 0.6 is 0 Å². The van der Waals surface area contributed by atoms with Crippen molar-refractivity contribution in [1.82, 2.24) is 4.90 Å². The Kier molecular flexibility index (Phi) is 5.06. The molecule has 0 aromatic heterocycles. The second-order valence-electron chi connectivity index (χ2n) is 9.32. The lowest BCUT2D eigenvalue weighted by atomic mass is 9.97. The van der Waals surface area contributed by atoms with Gasteiger partial charge in [0.05, 0.1) is 11.8 Å². The molecule has 2 saturated heterocycles. The highest BCUT2D eigenvalue weighted by Crippen LogP contribution is 2.39. The first-order valence-electron chi connectivity index (χ1n) is 11.1. The van der Waals surface area contributed by atoms with E-state index >= 15 is 0 Å². The van der Waals surface area contributed by atoms with Crippen molar-refractivity contribution in [1.29, 1.82) is 0 Å². The summed E-state index contributed by atoms with van der Waals surface area (Å²) in [5.74, 6) is 2.18. The Bertz CT molecular complexity index is 706. The highest BCUT2D eigenvalue weighted by molar-refractivity contribution is 5.97. The number of para-hydroxylation sites is 2. The molecule has 3 aliphatic heterocycles. The summed E-state index contributed by atoms with van der Waals surface area (Å²) < 4.78 is 11.8. The molecular formula is C23H32N2O3. The Balaban J connectivity index is 1.18. The molecule has 2 bridgehead atoms. The van der Waals surface area contributed by atoms with Crippen LogP contribution in [0.4, 0.5) is 5.69 Å². The summed E-state index contributed by atoms with van der Waals surface area (Å²) in [6.45, 7) is 5.24. The second-order valence-corrected chi connectivity index (χ2v) is 9.32. The molecule has 3 fully saturated rings. The molecule has 1 aromatic rings. The predicted molar refractivity (Wildman–Crippen MR) is 109 cm³/mol. The lowest BCUT2D eigenvalue weighted by molar-refractivity contribution is -0.121. The smallest absolute Gasteiger partial charge is 0.265 e. The van der Waals surface area contributed by atoms with Gasteiger partial charge in [0.25, 0.3) is 5.91 Å². The Hall–Kier alpha value is -1.59. The van der Waals surface area contributed by atoms with Crippen LogP contribution in [0.2, 0.25) is 0 Å². The van der Waals surface area contributed by atoms with Crippen LogP contribution in [0.5, 0.6) is 5.75 Å². The molecule has 4 atom stereocenters. The van der Waals surface area contributed by atoms with Gasteiger partial charge in [0, 0.05) is 31.8 Å². The van der Waals surface area contributed by atoms with Crippen LogP contribution in [-0.2, 0) is 9.53 Å². The molecular weight excluding hydrogens is 352 g/mol. The SMILES string of the molecule is CC(CN1C(=O)COc2ccccc21)CN1C2CC[C@@H]1CC(OCC1CC1)C2. The fourth-order valence-corrected chi connectivity index (χ4v) is 5.30. The number of piperidine rings is 1. The molecule has 5 rings (SSSR count). The van der Waals surface area contributed by atoms with Crippen LogP contribution in [0.3, 0.4) is 0 Å². The molecule has 1 amide bonds. The van der Waals surface area contributed by atoms with Gasteiger partial charge in [-0.2, -0.15) is 0 Å². The van der Waals surface area contributed by atoms with Gasteiger partial charge in [0.2, 0.25) is 0 Å². The van der Waals surface area contributed by atoms with E-state index in [9.17, 15) is 4.79 Å². The Morgan fingerprint density at radius 3 is 2.61 bits per heavy atom. The van der Waals surface area contributed by atoms with Gasteiger partial charge >= 0.3 is 0 Å². The highest BCUT2D eigenvalue weighted by atomic mass is 16.5. The molecule has 0 N–H and O–H groups in total. The van der Waals surface area contributed by atoms with Crippen molar-refractivity contribution in [2.24, 2.45) is 11.8 Å². The van der Waals surface area contributed by atoms with Crippen molar-refractivity contribution >= 4 is 11.6 Å². The number of hydrogen-bond acceptors (Lipinski definition) is 4. The fraction of sp³-hybridized carbons (Fsp3) is 0.696. The molecule has 5 heteroatoms. The van der Waals surface area contributed by atoms with E-state index in [1.807, 2.05) is 29.2 Å². The van der Waals surface area contributed by atoms with Crippen LogP contribution in [0, 0.1) is 11.8 Å². The molecule has 0 spiro atoms. The third-order valence-electron chi connectivity index (χ3n) is 6.93. The average molecular weight is 385 g/mol. The van der Waals surface area contributed by atoms with Gasteiger partial charge in [-0.05, 0) is 62.5 Å². The number of hydrogen-bond donors (Lipinski definition) is 0. The number of ether oxygens (including phenoxy) is 2. The van der Waals surface area contributed by atoms with E-state index in [1.165, 1.54) is 38.5 Å². The normalized spacial score (nSPS) is 30.8. The van der Waals surface area contributed by atoms with Gasteiger partial charge in [0.15, 0.2) is 6.61 Å². The summed E-state index contributed by atoms with van der Waals surface area (Å²) in [5.41, 5.74) is 0.917. The summed E-state index contributed by atoms with van der Waals surface area (Å²) >= 11 is 0. The van der Waals surface area contributed by atoms with E-state index in [-0.39, 0.29) is 12.5 Å². The number of rotatable bonds is 7. The lowest BCUT2D eigenvalue weighted by Crippen LogP contribution is -2.49. The largest absolute Gasteiger partial charge is 0.482 e. The summed E-state index contributed by atoms with van der Waals surface area (Å²) in [6.07, 6.45) is 8.20. The minimum atomic E-state index is 0.0701. The monoisotopic (exact) mass is 384 g/mol. The quantitative estimate of drug-likeness (QED) is 0.722. The number of carbonyl (C=O) groups is 1. The topological polar surface area (TPSA) is 42.0 Å². The summed E-state index contributed by atoms with van der Waals surface area (Å²) in [4.78, 5) is 17.1. The molecule has 5 nitrogen and oxygen atoms in total. The number of fused-ring (bicyclic) bond motifs is 3. The molecule has 152 valence electrons. The van der Waals surface area contributed by atoms with Gasteiger partial charge in [-0.15, -0.1) is 0 Å². The average Bonchev–Trinajstić information content (AvgIpc) is 3.49. The second kappa shape index (κ2) is 7.68. The van der Waals surface area contributed by atoms with Crippen molar-refractivity contribution in [3.63, 3.8) is 0 Å². The van der Waals surface area contributed by atoms with Crippen LogP contribution in [0.1, 0.15) is 45.4 Å². The third-order valence-corrected chi connectivity index (χ3v) is 6.93. The molecule has 3 heterocycles. The molecule has 4 aliphatic rings. The minimum Gasteiger partial charge on any atom is -0.482 e. The van der Waals surface area contributed by atoms with Gasteiger partial charge in [0.1, 0.15) is 5.75 Å². The van der Waals surface area contributed by atoms with Crippen molar-refractivity contribution in [2.45, 2.75) is 63.6 Å². The maximum absolute atomic E-state index is 12.5. The van der Waals surface area contributed by atoms with Gasteiger partial charge in [-0.1, -0.05) is 19.1 Å². The molecule has 28 heavy (non-hydrogen) atoms. The van der Waals surface area contributed by atoms with Crippen molar-refractivity contribution in [3.05, 3.63) is 24.3 Å². The number of nitrogens with zero attached hydrogens (tertiary/aromatic N) is 2. The van der Waals surface area contributed by atoms with Crippen LogP contribution in [0.25, 0.3) is 0 Å². The van der Waals surface area contributed by atoms with Crippen molar-refractivity contribution < 1.29 is 14.3 Å².